The van der Waals surface area contributed by atoms with E-state index in [9.17, 15) is 18.0 Å². The summed E-state index contributed by atoms with van der Waals surface area (Å²) in [6.07, 6.45) is 1.59. The van der Waals surface area contributed by atoms with Crippen LogP contribution >= 0.6 is 11.3 Å². The highest BCUT2D eigenvalue weighted by molar-refractivity contribution is 7.93. The van der Waals surface area contributed by atoms with Gasteiger partial charge >= 0.3 is 0 Å². The Labute approximate surface area is 201 Å². The number of rotatable bonds is 9. The summed E-state index contributed by atoms with van der Waals surface area (Å²) < 4.78 is 27.1. The highest BCUT2D eigenvalue weighted by Gasteiger charge is 2.16. The third-order valence-electron chi connectivity index (χ3n) is 5.00. The molecule has 1 aromatic heterocycles. The van der Waals surface area contributed by atoms with Crippen LogP contribution in [0.25, 0.3) is 11.1 Å². The number of sulfonamides is 1. The molecule has 0 aliphatic carbocycles. The van der Waals surface area contributed by atoms with Crippen molar-refractivity contribution in [2.75, 3.05) is 10.0 Å². The molecule has 34 heavy (non-hydrogen) atoms. The van der Waals surface area contributed by atoms with E-state index in [1.165, 1.54) is 41.8 Å². The first-order valence-electron chi connectivity index (χ1n) is 10.4. The molecular weight excluding hydrogens is 470 g/mol. The van der Waals surface area contributed by atoms with Gasteiger partial charge in [0, 0.05) is 35.7 Å². The van der Waals surface area contributed by atoms with Gasteiger partial charge in [-0.1, -0.05) is 54.6 Å². The van der Waals surface area contributed by atoms with Crippen molar-refractivity contribution in [2.45, 2.75) is 17.7 Å². The fourth-order valence-corrected chi connectivity index (χ4v) is 5.03. The molecule has 0 aliphatic rings. The summed E-state index contributed by atoms with van der Waals surface area (Å²) in [7, 11) is -3.76. The van der Waals surface area contributed by atoms with E-state index < -0.39 is 10.0 Å². The van der Waals surface area contributed by atoms with Gasteiger partial charge < -0.3 is 5.32 Å². The van der Waals surface area contributed by atoms with Crippen LogP contribution in [-0.2, 0) is 14.8 Å². The summed E-state index contributed by atoms with van der Waals surface area (Å²) in [4.78, 5) is 28.7. The lowest BCUT2D eigenvalue weighted by molar-refractivity contribution is -0.116. The number of aromatic nitrogens is 1. The van der Waals surface area contributed by atoms with Crippen LogP contribution in [-0.4, -0.2) is 25.1 Å². The predicted molar refractivity (Wildman–Crippen MR) is 133 cm³/mol. The number of Topliss-reactive ketones (excluding diaryl/α,β-unsaturated/α-hetero) is 1. The number of thiazole rings is 1. The third kappa shape index (κ3) is 5.94. The molecule has 0 saturated carbocycles. The summed E-state index contributed by atoms with van der Waals surface area (Å²) in [5.41, 5.74) is 3.08. The maximum absolute atomic E-state index is 12.5. The minimum atomic E-state index is -3.76. The molecule has 4 rings (SSSR count). The van der Waals surface area contributed by atoms with Gasteiger partial charge in [-0.25, -0.2) is 13.4 Å². The molecule has 1 amide bonds. The van der Waals surface area contributed by atoms with E-state index in [-0.39, 0.29) is 34.6 Å². The Morgan fingerprint density at radius 1 is 0.824 bits per heavy atom. The van der Waals surface area contributed by atoms with Gasteiger partial charge in [0.05, 0.1) is 4.90 Å². The number of ketones is 1. The Morgan fingerprint density at radius 2 is 1.50 bits per heavy atom. The number of hydrogen-bond acceptors (Lipinski definition) is 6. The summed E-state index contributed by atoms with van der Waals surface area (Å²) >= 11 is 1.18. The van der Waals surface area contributed by atoms with Crippen LogP contribution in [0.15, 0.2) is 95.3 Å². The quantitative estimate of drug-likeness (QED) is 0.313. The van der Waals surface area contributed by atoms with Crippen molar-refractivity contribution in [1.82, 2.24) is 4.98 Å². The van der Waals surface area contributed by atoms with E-state index in [1.807, 2.05) is 42.5 Å². The molecule has 0 radical (unpaired) electrons. The molecule has 9 heteroatoms. The van der Waals surface area contributed by atoms with E-state index in [0.717, 1.165) is 11.1 Å². The molecular formula is C25H21N3O4S2. The topological polar surface area (TPSA) is 105 Å². The number of benzene rings is 3. The van der Waals surface area contributed by atoms with Crippen molar-refractivity contribution in [3.63, 3.8) is 0 Å². The van der Waals surface area contributed by atoms with Gasteiger partial charge in [-0.05, 0) is 35.4 Å². The maximum Gasteiger partial charge on any atom is 0.263 e. The zero-order valence-electron chi connectivity index (χ0n) is 18.0. The molecule has 0 bridgehead atoms. The fraction of sp³-hybridized carbons (Fsp3) is 0.0800. The molecule has 0 aliphatic heterocycles. The molecule has 3 aromatic carbocycles. The summed E-state index contributed by atoms with van der Waals surface area (Å²) in [5, 5.41) is 4.63. The second kappa shape index (κ2) is 10.4. The van der Waals surface area contributed by atoms with E-state index in [0.29, 0.717) is 11.3 Å². The molecule has 0 atom stereocenters. The lowest BCUT2D eigenvalue weighted by atomic mass is 10.0. The molecule has 172 valence electrons. The van der Waals surface area contributed by atoms with Crippen LogP contribution in [0.3, 0.4) is 0 Å². The van der Waals surface area contributed by atoms with E-state index in [2.05, 4.69) is 15.0 Å². The number of hydrogen-bond donors (Lipinski definition) is 2. The van der Waals surface area contributed by atoms with Gasteiger partial charge in [0.25, 0.3) is 10.0 Å². The molecule has 0 fully saturated rings. The van der Waals surface area contributed by atoms with Crippen LogP contribution in [0.2, 0.25) is 0 Å². The Hall–Kier alpha value is -3.82. The average molecular weight is 492 g/mol. The standard InChI is InChI=1S/C25H21N3O4S2/c29-23(20-8-6-19(7-9-20)18-4-2-1-3-5-18)14-15-24(30)27-21-10-12-22(13-11-21)34(31,32)28-25-26-16-17-33-25/h1-13,16-17H,14-15H2,(H,26,28)(H,27,30). The normalized spacial score (nSPS) is 11.1. The van der Waals surface area contributed by atoms with Crippen LogP contribution in [0.1, 0.15) is 23.2 Å². The van der Waals surface area contributed by atoms with Crippen molar-refractivity contribution in [3.05, 3.63) is 96.0 Å². The van der Waals surface area contributed by atoms with Crippen LogP contribution in [0.4, 0.5) is 10.8 Å². The first kappa shape index (κ1) is 23.3. The predicted octanol–water partition coefficient (Wildman–Crippen LogP) is 5.21. The number of anilines is 2. The third-order valence-corrected chi connectivity index (χ3v) is 7.17. The Bertz CT molecular complexity index is 1370. The number of nitrogens with one attached hydrogen (secondary N) is 2. The Kier molecular flexibility index (Phi) is 7.15. The van der Waals surface area contributed by atoms with Gasteiger partial charge in [0.1, 0.15) is 0 Å². The first-order chi connectivity index (χ1) is 16.4. The zero-order chi connectivity index (χ0) is 24.0. The fourth-order valence-electron chi connectivity index (χ4n) is 3.24. The van der Waals surface area contributed by atoms with E-state index in [1.54, 1.807) is 17.5 Å². The SMILES string of the molecule is O=C(CCC(=O)c1ccc(-c2ccccc2)cc1)Nc1ccc(S(=O)(=O)Nc2nccs2)cc1. The number of nitrogens with zero attached hydrogens (tertiary/aromatic N) is 1. The van der Waals surface area contributed by atoms with Gasteiger partial charge in [-0.3, -0.25) is 14.3 Å². The molecule has 4 aromatic rings. The minimum absolute atomic E-state index is 0.0188. The van der Waals surface area contributed by atoms with Crippen molar-refractivity contribution >= 4 is 43.9 Å². The molecule has 7 nitrogen and oxygen atoms in total. The average Bonchev–Trinajstić information content (AvgIpc) is 3.36. The Balaban J connectivity index is 1.29. The van der Waals surface area contributed by atoms with Crippen LogP contribution in [0, 0.1) is 0 Å². The van der Waals surface area contributed by atoms with Crippen molar-refractivity contribution in [1.29, 1.82) is 0 Å². The summed E-state index contributed by atoms with van der Waals surface area (Å²) in [6, 6.07) is 23.0. The second-order valence-electron chi connectivity index (χ2n) is 7.38. The van der Waals surface area contributed by atoms with Gasteiger partial charge in [-0.15, -0.1) is 11.3 Å². The molecule has 1 heterocycles. The monoisotopic (exact) mass is 491 g/mol. The number of carbonyl (C=O) groups is 2. The van der Waals surface area contributed by atoms with E-state index >= 15 is 0 Å². The number of carbonyl (C=O) groups excluding carboxylic acids is 2. The van der Waals surface area contributed by atoms with E-state index in [4.69, 9.17) is 0 Å². The highest BCUT2D eigenvalue weighted by Crippen LogP contribution is 2.21. The largest absolute Gasteiger partial charge is 0.326 e. The minimum Gasteiger partial charge on any atom is -0.326 e. The van der Waals surface area contributed by atoms with Gasteiger partial charge in [0.15, 0.2) is 10.9 Å². The number of amides is 1. The van der Waals surface area contributed by atoms with Crippen LogP contribution < -0.4 is 10.0 Å². The second-order valence-corrected chi connectivity index (χ2v) is 9.96. The lowest BCUT2D eigenvalue weighted by Crippen LogP contribution is -2.15. The first-order valence-corrected chi connectivity index (χ1v) is 12.8. The van der Waals surface area contributed by atoms with Gasteiger partial charge in [0.2, 0.25) is 5.91 Å². The van der Waals surface area contributed by atoms with Crippen molar-refractivity contribution < 1.29 is 18.0 Å². The van der Waals surface area contributed by atoms with Crippen LogP contribution in [0.5, 0.6) is 0 Å². The molecule has 0 unspecified atom stereocenters. The van der Waals surface area contributed by atoms with Crippen molar-refractivity contribution in [2.24, 2.45) is 0 Å². The van der Waals surface area contributed by atoms with Gasteiger partial charge in [-0.2, -0.15) is 0 Å². The molecule has 0 saturated heterocycles. The molecule has 0 spiro atoms. The Morgan fingerprint density at radius 3 is 2.15 bits per heavy atom. The van der Waals surface area contributed by atoms with Crippen molar-refractivity contribution in [3.8, 4) is 11.1 Å². The smallest absolute Gasteiger partial charge is 0.263 e. The highest BCUT2D eigenvalue weighted by atomic mass is 32.2. The zero-order valence-corrected chi connectivity index (χ0v) is 19.6. The maximum atomic E-state index is 12.5. The lowest BCUT2D eigenvalue weighted by Gasteiger charge is -2.08. The molecule has 2 N–H and O–H groups in total. The summed E-state index contributed by atoms with van der Waals surface area (Å²) in [6.45, 7) is 0. The summed E-state index contributed by atoms with van der Waals surface area (Å²) in [5.74, 6) is -0.449.